The fraction of sp³-hybridized carbons (Fsp3) is 0.355. The van der Waals surface area contributed by atoms with E-state index >= 15 is 0 Å². The molecule has 1 fully saturated rings. The van der Waals surface area contributed by atoms with E-state index in [-0.39, 0.29) is 11.3 Å². The first kappa shape index (κ1) is 24.3. The number of pyridine rings is 1. The first-order valence-corrected chi connectivity index (χ1v) is 13.1. The highest BCUT2D eigenvalue weighted by atomic mass is 16.2. The molecule has 186 valence electrons. The number of aromatic nitrogens is 2. The third kappa shape index (κ3) is 5.21. The van der Waals surface area contributed by atoms with Gasteiger partial charge in [0.25, 0.3) is 0 Å². The molecule has 3 N–H and O–H groups in total. The first-order valence-electron chi connectivity index (χ1n) is 13.1. The number of para-hydroxylation sites is 1. The molecule has 36 heavy (non-hydrogen) atoms. The summed E-state index contributed by atoms with van der Waals surface area (Å²) in [5.41, 5.74) is 3.61. The van der Waals surface area contributed by atoms with E-state index in [1.54, 1.807) is 0 Å². The minimum absolute atomic E-state index is 0.0320. The zero-order chi connectivity index (χ0) is 24.8. The van der Waals surface area contributed by atoms with E-state index in [1.165, 1.54) is 19.3 Å². The molecule has 0 spiro atoms. The van der Waals surface area contributed by atoms with Gasteiger partial charge in [-0.2, -0.15) is 0 Å². The molecule has 0 aliphatic heterocycles. The van der Waals surface area contributed by atoms with Crippen LogP contribution in [0, 0.1) is 0 Å². The molecule has 2 aromatic heterocycles. The second-order valence-corrected chi connectivity index (χ2v) is 10.4. The van der Waals surface area contributed by atoms with Gasteiger partial charge in [-0.25, -0.2) is 0 Å². The van der Waals surface area contributed by atoms with Crippen LogP contribution in [-0.2, 0) is 23.2 Å². The van der Waals surface area contributed by atoms with Crippen molar-refractivity contribution in [3.63, 3.8) is 0 Å². The van der Waals surface area contributed by atoms with Gasteiger partial charge in [0.15, 0.2) is 0 Å². The molecule has 0 bridgehead atoms. The number of hydrogen-bond donors (Lipinski definition) is 3. The summed E-state index contributed by atoms with van der Waals surface area (Å²) in [6.07, 6.45) is 10.2. The maximum atomic E-state index is 14.0. The largest absolute Gasteiger partial charge is 0.361 e. The minimum Gasteiger partial charge on any atom is -0.361 e. The zero-order valence-electron chi connectivity index (χ0n) is 21.1. The van der Waals surface area contributed by atoms with Crippen molar-refractivity contribution in [1.29, 1.82) is 0 Å². The van der Waals surface area contributed by atoms with E-state index in [0.717, 1.165) is 40.6 Å². The van der Waals surface area contributed by atoms with E-state index in [1.807, 2.05) is 55.7 Å². The smallest absolute Gasteiger partial charge is 0.240 e. The Balaban J connectivity index is 1.39. The average molecular weight is 481 g/mol. The Labute approximate surface area is 213 Å². The fourth-order valence-corrected chi connectivity index (χ4v) is 5.65. The molecule has 5 rings (SSSR count). The topological polar surface area (TPSA) is 69.8 Å². The lowest BCUT2D eigenvalue weighted by Crippen LogP contribution is -2.58. The fourth-order valence-electron chi connectivity index (χ4n) is 5.65. The van der Waals surface area contributed by atoms with E-state index in [2.05, 4.69) is 52.0 Å². The van der Waals surface area contributed by atoms with Gasteiger partial charge in [0, 0.05) is 53.9 Å². The van der Waals surface area contributed by atoms with Gasteiger partial charge in [-0.1, -0.05) is 73.9 Å². The molecule has 2 aromatic carbocycles. The van der Waals surface area contributed by atoms with Crippen molar-refractivity contribution in [3.05, 3.63) is 102 Å². The van der Waals surface area contributed by atoms with Crippen molar-refractivity contribution < 1.29 is 4.79 Å². The highest BCUT2D eigenvalue weighted by Crippen LogP contribution is 2.38. The molecular weight excluding hydrogens is 444 g/mol. The molecule has 2 heterocycles. The van der Waals surface area contributed by atoms with Gasteiger partial charge in [0.05, 0.1) is 5.54 Å². The molecule has 1 saturated carbocycles. The standard InChI is InChI=1S/C31H36N4O/c1-30(35-21-24-12-4-2-5-13-24,20-25-22-33-27-15-7-6-14-26(25)27)29(36)34-23-31(17-9-3-10-18-31)28-16-8-11-19-32-28/h2,4-8,11-16,19,22,33,35H,3,9-10,17-18,20-21,23H2,1H3,(H,34,36)/t30-/m0/s1. The van der Waals surface area contributed by atoms with Crippen LogP contribution in [0.3, 0.4) is 0 Å². The lowest BCUT2D eigenvalue weighted by atomic mass is 9.71. The van der Waals surface area contributed by atoms with Crippen molar-refractivity contribution in [2.24, 2.45) is 0 Å². The van der Waals surface area contributed by atoms with Crippen LogP contribution in [0.15, 0.2) is 85.2 Å². The average Bonchev–Trinajstić information content (AvgIpc) is 3.34. The van der Waals surface area contributed by atoms with Gasteiger partial charge >= 0.3 is 0 Å². The molecule has 5 heteroatoms. The van der Waals surface area contributed by atoms with Crippen LogP contribution in [0.4, 0.5) is 0 Å². The van der Waals surface area contributed by atoms with Gasteiger partial charge in [-0.05, 0) is 49.1 Å². The quantitative estimate of drug-likeness (QED) is 0.289. The maximum Gasteiger partial charge on any atom is 0.240 e. The lowest BCUT2D eigenvalue weighted by Gasteiger charge is -2.38. The Kier molecular flexibility index (Phi) is 7.19. The van der Waals surface area contributed by atoms with Gasteiger partial charge in [0.2, 0.25) is 5.91 Å². The molecule has 0 unspecified atom stereocenters. The normalized spacial score (nSPS) is 16.9. The van der Waals surface area contributed by atoms with E-state index in [0.29, 0.717) is 19.5 Å². The zero-order valence-corrected chi connectivity index (χ0v) is 21.1. The number of carbonyl (C=O) groups excluding carboxylic acids is 1. The molecule has 1 amide bonds. The van der Waals surface area contributed by atoms with Crippen LogP contribution in [0.5, 0.6) is 0 Å². The summed E-state index contributed by atoms with van der Waals surface area (Å²) in [5, 5.41) is 8.15. The number of amides is 1. The predicted molar refractivity (Wildman–Crippen MR) is 146 cm³/mol. The molecule has 5 nitrogen and oxygen atoms in total. The van der Waals surface area contributed by atoms with Gasteiger partial charge in [-0.3, -0.25) is 15.1 Å². The summed E-state index contributed by atoms with van der Waals surface area (Å²) >= 11 is 0. The Morgan fingerprint density at radius 1 is 0.972 bits per heavy atom. The molecule has 4 aromatic rings. The number of carbonyl (C=O) groups is 1. The third-order valence-electron chi connectivity index (χ3n) is 7.85. The van der Waals surface area contributed by atoms with E-state index in [4.69, 9.17) is 4.98 Å². The van der Waals surface area contributed by atoms with Crippen LogP contribution in [0.25, 0.3) is 10.9 Å². The van der Waals surface area contributed by atoms with Gasteiger partial charge in [-0.15, -0.1) is 0 Å². The summed E-state index contributed by atoms with van der Waals surface area (Å²) in [5.74, 6) is 0.0320. The van der Waals surface area contributed by atoms with Crippen molar-refractivity contribution >= 4 is 16.8 Å². The van der Waals surface area contributed by atoms with Crippen molar-refractivity contribution in [2.75, 3.05) is 6.54 Å². The Morgan fingerprint density at radius 2 is 1.72 bits per heavy atom. The second-order valence-electron chi connectivity index (χ2n) is 10.4. The number of H-pyrrole nitrogens is 1. The minimum atomic E-state index is -0.777. The third-order valence-corrected chi connectivity index (χ3v) is 7.85. The summed E-state index contributed by atoms with van der Waals surface area (Å²) in [4.78, 5) is 22.0. The molecule has 1 aliphatic carbocycles. The molecule has 0 radical (unpaired) electrons. The van der Waals surface area contributed by atoms with Crippen LogP contribution in [0.1, 0.15) is 55.8 Å². The monoisotopic (exact) mass is 480 g/mol. The number of nitrogens with one attached hydrogen (secondary N) is 3. The molecule has 1 atom stereocenters. The number of aromatic amines is 1. The predicted octanol–water partition coefficient (Wildman–Crippen LogP) is 5.67. The summed E-state index contributed by atoms with van der Waals surface area (Å²) in [6, 6.07) is 24.7. The molecule has 0 saturated heterocycles. The summed E-state index contributed by atoms with van der Waals surface area (Å²) in [6.45, 7) is 3.26. The van der Waals surface area contributed by atoms with Crippen molar-refractivity contribution in [1.82, 2.24) is 20.6 Å². The Bertz CT molecular complexity index is 1280. The van der Waals surface area contributed by atoms with Crippen LogP contribution in [0.2, 0.25) is 0 Å². The number of hydrogen-bond acceptors (Lipinski definition) is 3. The number of nitrogens with zero attached hydrogens (tertiary/aromatic N) is 1. The maximum absolute atomic E-state index is 14.0. The first-order chi connectivity index (χ1) is 17.6. The molecular formula is C31H36N4O. The van der Waals surface area contributed by atoms with Crippen LogP contribution < -0.4 is 10.6 Å². The van der Waals surface area contributed by atoms with E-state index < -0.39 is 5.54 Å². The summed E-state index contributed by atoms with van der Waals surface area (Å²) < 4.78 is 0. The van der Waals surface area contributed by atoms with Crippen molar-refractivity contribution in [2.45, 2.75) is 62.9 Å². The second kappa shape index (κ2) is 10.7. The Morgan fingerprint density at radius 3 is 2.50 bits per heavy atom. The SMILES string of the molecule is C[C@@](Cc1c[nH]c2ccccc12)(NCc1ccccc1)C(=O)NCC1(c2ccccn2)CCCCC1. The Hall–Kier alpha value is -3.44. The van der Waals surface area contributed by atoms with Gasteiger partial charge < -0.3 is 10.3 Å². The highest BCUT2D eigenvalue weighted by molar-refractivity contribution is 5.89. The van der Waals surface area contributed by atoms with E-state index in [9.17, 15) is 4.79 Å². The van der Waals surface area contributed by atoms with Crippen LogP contribution in [-0.4, -0.2) is 28.0 Å². The number of rotatable bonds is 9. The highest BCUT2D eigenvalue weighted by Gasteiger charge is 2.39. The summed E-state index contributed by atoms with van der Waals surface area (Å²) in [7, 11) is 0. The number of fused-ring (bicyclic) bond motifs is 1. The van der Waals surface area contributed by atoms with Gasteiger partial charge in [0.1, 0.15) is 0 Å². The van der Waals surface area contributed by atoms with Crippen LogP contribution >= 0.6 is 0 Å². The van der Waals surface area contributed by atoms with Crippen molar-refractivity contribution in [3.8, 4) is 0 Å². The number of benzene rings is 2. The lowest BCUT2D eigenvalue weighted by molar-refractivity contribution is -0.127. The molecule has 1 aliphatic rings.